The van der Waals surface area contributed by atoms with Gasteiger partial charge in [-0.3, -0.25) is 8.96 Å². The van der Waals surface area contributed by atoms with E-state index in [0.29, 0.717) is 0 Å². The van der Waals surface area contributed by atoms with Gasteiger partial charge in [0.05, 0.1) is 11.8 Å². The molecule has 4 heterocycles. The van der Waals surface area contributed by atoms with Crippen LogP contribution in [-0.2, 0) is 17.7 Å². The number of hydrogen-bond donors (Lipinski definition) is 0. The maximum Gasteiger partial charge on any atom is 0.150 e. The van der Waals surface area contributed by atoms with E-state index in [1.54, 1.807) is 29.9 Å². The number of benzene rings is 2. The average Bonchev–Trinajstić information content (AvgIpc) is 3.61. The SMILES string of the molecule is C=N/C(=C\SCc1cn(Sc2ccccc2)c2ncccc12)c1cccc(C2(C#N)CCCn3ccnc32)c1. The molecule has 1 atom stereocenters. The van der Waals surface area contributed by atoms with Crippen molar-refractivity contribution in [1.29, 1.82) is 5.26 Å². The molecule has 8 heteroatoms. The Balaban J connectivity index is 1.26. The van der Waals surface area contributed by atoms with Crippen molar-refractivity contribution in [3.05, 3.63) is 119 Å². The van der Waals surface area contributed by atoms with Crippen molar-refractivity contribution >= 4 is 47.2 Å². The number of fused-ring (bicyclic) bond motifs is 2. The van der Waals surface area contributed by atoms with E-state index < -0.39 is 5.41 Å². The minimum atomic E-state index is -0.761. The molecule has 1 aliphatic rings. The quantitative estimate of drug-likeness (QED) is 0.191. The first kappa shape index (κ1) is 25.2. The van der Waals surface area contributed by atoms with Gasteiger partial charge in [0.1, 0.15) is 16.9 Å². The molecular formula is C31H26N6S2. The standard InChI is InChI=1S/C31H26N6S2/c1-33-28(23-8-5-9-25(18-23)31(22-32)13-7-16-36-17-15-35-30(31)36)21-38-20-24-19-37(29-27(24)12-6-14-34-29)39-26-10-3-2-4-11-26/h2-6,8-12,14-15,17-19,21H,1,7,13,16,20H2/b28-21-. The summed E-state index contributed by atoms with van der Waals surface area (Å²) in [5, 5.41) is 13.5. The molecule has 0 aliphatic carbocycles. The van der Waals surface area contributed by atoms with Crippen molar-refractivity contribution in [1.82, 2.24) is 18.5 Å². The number of rotatable bonds is 8. The number of imidazole rings is 1. The van der Waals surface area contributed by atoms with Crippen molar-refractivity contribution < 1.29 is 0 Å². The predicted molar refractivity (Wildman–Crippen MR) is 161 cm³/mol. The molecule has 0 saturated heterocycles. The number of pyridine rings is 1. The number of nitrogens with zero attached hydrogens (tertiary/aromatic N) is 6. The van der Waals surface area contributed by atoms with Gasteiger partial charge in [0, 0.05) is 52.9 Å². The van der Waals surface area contributed by atoms with E-state index in [-0.39, 0.29) is 0 Å². The van der Waals surface area contributed by atoms with Gasteiger partial charge in [-0.25, -0.2) is 9.97 Å². The molecule has 192 valence electrons. The van der Waals surface area contributed by atoms with Gasteiger partial charge in [-0.15, -0.1) is 11.8 Å². The molecule has 0 spiro atoms. The van der Waals surface area contributed by atoms with Crippen LogP contribution >= 0.6 is 23.7 Å². The molecular weight excluding hydrogens is 521 g/mol. The fourth-order valence-electron chi connectivity index (χ4n) is 5.16. The molecule has 0 saturated carbocycles. The van der Waals surface area contributed by atoms with E-state index >= 15 is 0 Å². The van der Waals surface area contributed by atoms with Gasteiger partial charge in [-0.2, -0.15) is 5.26 Å². The third-order valence-corrected chi connectivity index (χ3v) is 8.88. The molecule has 1 unspecified atom stereocenters. The van der Waals surface area contributed by atoms with Crippen molar-refractivity contribution in [2.24, 2.45) is 4.99 Å². The van der Waals surface area contributed by atoms with Crippen molar-refractivity contribution in [3.8, 4) is 6.07 Å². The number of hydrogen-bond acceptors (Lipinski definition) is 6. The zero-order chi connectivity index (χ0) is 26.7. The van der Waals surface area contributed by atoms with Crippen LogP contribution in [0.2, 0.25) is 0 Å². The Bertz CT molecular complexity index is 1710. The summed E-state index contributed by atoms with van der Waals surface area (Å²) >= 11 is 3.34. The Morgan fingerprint density at radius 2 is 2.00 bits per heavy atom. The highest BCUT2D eigenvalue weighted by Gasteiger charge is 2.40. The Morgan fingerprint density at radius 3 is 2.85 bits per heavy atom. The van der Waals surface area contributed by atoms with Crippen molar-refractivity contribution in [3.63, 3.8) is 0 Å². The number of aryl methyl sites for hydroxylation is 1. The molecule has 0 bridgehead atoms. The number of thioether (sulfide) groups is 1. The second-order valence-electron chi connectivity index (χ2n) is 9.38. The lowest BCUT2D eigenvalue weighted by atomic mass is 9.75. The summed E-state index contributed by atoms with van der Waals surface area (Å²) in [6.45, 7) is 4.73. The molecule has 6 nitrogen and oxygen atoms in total. The highest BCUT2D eigenvalue weighted by Crippen LogP contribution is 2.40. The van der Waals surface area contributed by atoms with Crippen LogP contribution in [0.15, 0.2) is 107 Å². The van der Waals surface area contributed by atoms with Crippen LogP contribution in [0, 0.1) is 11.3 Å². The normalized spacial score (nSPS) is 17.1. The Morgan fingerprint density at radius 1 is 1.10 bits per heavy atom. The molecule has 39 heavy (non-hydrogen) atoms. The Hall–Kier alpha value is -4.06. The van der Waals surface area contributed by atoms with Crippen LogP contribution in [0.4, 0.5) is 0 Å². The summed E-state index contributed by atoms with van der Waals surface area (Å²) in [6.07, 6.45) is 9.43. The molecule has 0 N–H and O–H groups in total. The Kier molecular flexibility index (Phi) is 7.10. The van der Waals surface area contributed by atoms with Gasteiger partial charge in [-0.1, -0.05) is 36.4 Å². The lowest BCUT2D eigenvalue weighted by molar-refractivity contribution is 0.418. The molecule has 5 aromatic rings. The average molecular weight is 547 g/mol. The fraction of sp³-hybridized carbons (Fsp3) is 0.161. The van der Waals surface area contributed by atoms with Crippen LogP contribution in [0.3, 0.4) is 0 Å². The van der Waals surface area contributed by atoms with E-state index in [1.165, 1.54) is 5.56 Å². The Labute approximate surface area is 236 Å². The number of aliphatic imine (C=N–C) groups is 1. The van der Waals surface area contributed by atoms with Gasteiger partial charge in [0.25, 0.3) is 0 Å². The summed E-state index contributed by atoms with van der Waals surface area (Å²) < 4.78 is 4.23. The van der Waals surface area contributed by atoms with E-state index in [4.69, 9.17) is 0 Å². The molecule has 3 aromatic heterocycles. The maximum absolute atomic E-state index is 10.3. The monoisotopic (exact) mass is 546 g/mol. The van der Waals surface area contributed by atoms with Crippen LogP contribution in [0.1, 0.15) is 35.4 Å². The predicted octanol–water partition coefficient (Wildman–Crippen LogP) is 7.32. The molecule has 2 aromatic carbocycles. The topological polar surface area (TPSA) is 71.8 Å². The summed E-state index contributed by atoms with van der Waals surface area (Å²) in [5.74, 6) is 1.58. The first-order chi connectivity index (χ1) is 19.2. The first-order valence-corrected chi connectivity index (χ1v) is 14.5. The summed E-state index contributed by atoms with van der Waals surface area (Å²) in [4.78, 5) is 14.7. The maximum atomic E-state index is 10.3. The van der Waals surface area contributed by atoms with E-state index in [9.17, 15) is 5.26 Å². The van der Waals surface area contributed by atoms with Crippen LogP contribution in [-0.4, -0.2) is 25.2 Å². The zero-order valence-corrected chi connectivity index (χ0v) is 22.9. The summed E-state index contributed by atoms with van der Waals surface area (Å²) in [7, 11) is 0. The fourth-order valence-corrected chi connectivity index (χ4v) is 6.94. The zero-order valence-electron chi connectivity index (χ0n) is 21.3. The minimum Gasteiger partial charge on any atom is -0.333 e. The minimum absolute atomic E-state index is 0.748. The number of aromatic nitrogens is 4. The van der Waals surface area contributed by atoms with Gasteiger partial charge >= 0.3 is 0 Å². The summed E-state index contributed by atoms with van der Waals surface area (Å²) in [5.41, 5.74) is 4.07. The molecule has 6 rings (SSSR count). The second kappa shape index (κ2) is 11.0. The van der Waals surface area contributed by atoms with E-state index in [0.717, 1.165) is 63.7 Å². The van der Waals surface area contributed by atoms with Crippen LogP contribution < -0.4 is 0 Å². The summed E-state index contributed by atoms with van der Waals surface area (Å²) in [6, 6.07) is 25.1. The molecule has 0 fully saturated rings. The van der Waals surface area contributed by atoms with Crippen molar-refractivity contribution in [2.75, 3.05) is 0 Å². The number of nitriles is 1. The molecule has 1 aliphatic heterocycles. The van der Waals surface area contributed by atoms with Gasteiger partial charge < -0.3 is 4.57 Å². The second-order valence-corrected chi connectivity index (χ2v) is 11.3. The van der Waals surface area contributed by atoms with Crippen LogP contribution in [0.25, 0.3) is 16.7 Å². The highest BCUT2D eigenvalue weighted by atomic mass is 32.2. The van der Waals surface area contributed by atoms with E-state index in [1.807, 2.05) is 54.9 Å². The first-order valence-electron chi connectivity index (χ1n) is 12.7. The van der Waals surface area contributed by atoms with Crippen LogP contribution in [0.5, 0.6) is 0 Å². The van der Waals surface area contributed by atoms with Crippen molar-refractivity contribution in [2.45, 2.75) is 35.4 Å². The van der Waals surface area contributed by atoms with Gasteiger partial charge in [0.15, 0.2) is 0 Å². The van der Waals surface area contributed by atoms with Gasteiger partial charge in [-0.05, 0) is 78.4 Å². The highest BCUT2D eigenvalue weighted by molar-refractivity contribution is 8.01. The molecule has 0 radical (unpaired) electrons. The lowest BCUT2D eigenvalue weighted by Gasteiger charge is -2.31. The van der Waals surface area contributed by atoms with Gasteiger partial charge in [0.2, 0.25) is 0 Å². The van der Waals surface area contributed by atoms with E-state index in [2.05, 4.69) is 72.2 Å². The molecule has 0 amide bonds. The smallest absolute Gasteiger partial charge is 0.150 e. The third-order valence-electron chi connectivity index (χ3n) is 7.06. The lowest BCUT2D eigenvalue weighted by Crippen LogP contribution is -2.34. The third kappa shape index (κ3) is 4.80. The largest absolute Gasteiger partial charge is 0.333 e.